The van der Waals surface area contributed by atoms with E-state index in [0.717, 1.165) is 12.8 Å². The normalized spacial score (nSPS) is 15.1. The monoisotopic (exact) mass is 380 g/mol. The molecule has 4 rings (SSSR count). The Morgan fingerprint density at radius 3 is 2.61 bits per heavy atom. The topological polar surface area (TPSA) is 68.1 Å². The van der Waals surface area contributed by atoms with Crippen LogP contribution >= 0.6 is 0 Å². The molecule has 7 heteroatoms. The Bertz CT molecular complexity index is 1070. The summed E-state index contributed by atoms with van der Waals surface area (Å²) >= 11 is 0. The second kappa shape index (κ2) is 7.50. The van der Waals surface area contributed by atoms with Crippen LogP contribution in [0.25, 0.3) is 10.9 Å². The highest BCUT2D eigenvalue weighted by Crippen LogP contribution is 2.21. The summed E-state index contributed by atoms with van der Waals surface area (Å²) in [7, 11) is 0. The van der Waals surface area contributed by atoms with Gasteiger partial charge in [-0.15, -0.1) is 0 Å². The van der Waals surface area contributed by atoms with E-state index >= 15 is 0 Å². The zero-order valence-electron chi connectivity index (χ0n) is 15.6. The molecule has 3 aromatic rings. The Morgan fingerprint density at radius 2 is 1.89 bits per heavy atom. The van der Waals surface area contributed by atoms with Gasteiger partial charge in [0.1, 0.15) is 11.6 Å². The van der Waals surface area contributed by atoms with Crippen LogP contribution in [0.4, 0.5) is 4.39 Å². The van der Waals surface area contributed by atoms with Gasteiger partial charge in [0.25, 0.3) is 11.5 Å². The standard InChI is InChI=1S/C21H21FN4O2/c1-14-24-19-12-17(22)2-3-18(19)21(28)26(14)13-15-6-10-25(11-7-15)20(27)16-4-8-23-9-5-16/h2-5,8-9,12,15H,6-7,10-11,13H2,1H3. The van der Waals surface area contributed by atoms with Crippen molar-refractivity contribution in [3.63, 3.8) is 0 Å². The number of rotatable bonds is 3. The molecule has 6 nitrogen and oxygen atoms in total. The number of hydrogen-bond donors (Lipinski definition) is 0. The quantitative estimate of drug-likeness (QED) is 0.701. The highest BCUT2D eigenvalue weighted by Gasteiger charge is 2.24. The molecular weight excluding hydrogens is 359 g/mol. The van der Waals surface area contributed by atoms with Gasteiger partial charge in [-0.05, 0) is 49.9 Å². The van der Waals surface area contributed by atoms with Crippen molar-refractivity contribution in [2.75, 3.05) is 13.1 Å². The van der Waals surface area contributed by atoms with Crippen molar-refractivity contribution in [1.29, 1.82) is 0 Å². The molecule has 144 valence electrons. The lowest BCUT2D eigenvalue weighted by atomic mass is 9.96. The van der Waals surface area contributed by atoms with Gasteiger partial charge in [0.2, 0.25) is 0 Å². The second-order valence-electron chi connectivity index (χ2n) is 7.21. The van der Waals surface area contributed by atoms with Crippen LogP contribution in [0.2, 0.25) is 0 Å². The van der Waals surface area contributed by atoms with E-state index in [2.05, 4.69) is 9.97 Å². The fourth-order valence-electron chi connectivity index (χ4n) is 3.77. The van der Waals surface area contributed by atoms with Crippen molar-refractivity contribution in [3.8, 4) is 0 Å². The van der Waals surface area contributed by atoms with Gasteiger partial charge in [0.15, 0.2) is 0 Å². The van der Waals surface area contributed by atoms with Crippen molar-refractivity contribution < 1.29 is 9.18 Å². The maximum atomic E-state index is 13.4. The van der Waals surface area contributed by atoms with Crippen molar-refractivity contribution in [3.05, 3.63) is 70.3 Å². The van der Waals surface area contributed by atoms with E-state index in [0.29, 0.717) is 41.9 Å². The number of benzene rings is 1. The van der Waals surface area contributed by atoms with Gasteiger partial charge < -0.3 is 4.90 Å². The third-order valence-corrected chi connectivity index (χ3v) is 5.38. The fraction of sp³-hybridized carbons (Fsp3) is 0.333. The first-order valence-corrected chi connectivity index (χ1v) is 9.39. The van der Waals surface area contributed by atoms with E-state index in [4.69, 9.17) is 0 Å². The number of piperidine rings is 1. The number of halogens is 1. The van der Waals surface area contributed by atoms with Gasteiger partial charge in [-0.25, -0.2) is 9.37 Å². The predicted octanol–water partition coefficient (Wildman–Crippen LogP) is 2.79. The molecule has 0 N–H and O–H groups in total. The van der Waals surface area contributed by atoms with E-state index in [9.17, 15) is 14.0 Å². The van der Waals surface area contributed by atoms with Crippen LogP contribution in [0.5, 0.6) is 0 Å². The second-order valence-corrected chi connectivity index (χ2v) is 7.21. The molecular formula is C21H21FN4O2. The molecule has 2 aromatic heterocycles. The Labute approximate surface area is 161 Å². The largest absolute Gasteiger partial charge is 0.339 e. The SMILES string of the molecule is Cc1nc2cc(F)ccc2c(=O)n1CC1CCN(C(=O)c2ccncc2)CC1. The van der Waals surface area contributed by atoms with E-state index < -0.39 is 5.82 Å². The van der Waals surface area contributed by atoms with Crippen molar-refractivity contribution in [1.82, 2.24) is 19.4 Å². The van der Waals surface area contributed by atoms with Crippen LogP contribution in [0, 0.1) is 18.7 Å². The summed E-state index contributed by atoms with van der Waals surface area (Å²) < 4.78 is 15.1. The molecule has 0 spiro atoms. The number of carbonyl (C=O) groups is 1. The van der Waals surface area contributed by atoms with Gasteiger partial charge >= 0.3 is 0 Å². The average Bonchev–Trinajstić information content (AvgIpc) is 2.71. The number of hydrogen-bond acceptors (Lipinski definition) is 4. The van der Waals surface area contributed by atoms with E-state index in [-0.39, 0.29) is 17.4 Å². The highest BCUT2D eigenvalue weighted by atomic mass is 19.1. The number of amides is 1. The van der Waals surface area contributed by atoms with Gasteiger partial charge in [0, 0.05) is 43.7 Å². The van der Waals surface area contributed by atoms with Gasteiger partial charge in [-0.3, -0.25) is 19.1 Å². The first kappa shape index (κ1) is 18.3. The minimum atomic E-state index is -0.400. The number of fused-ring (bicyclic) bond motifs is 1. The smallest absolute Gasteiger partial charge is 0.261 e. The molecule has 1 amide bonds. The lowest BCUT2D eigenvalue weighted by Gasteiger charge is -2.32. The molecule has 0 radical (unpaired) electrons. The Balaban J connectivity index is 1.47. The average molecular weight is 380 g/mol. The van der Waals surface area contributed by atoms with E-state index in [1.807, 2.05) is 4.90 Å². The zero-order chi connectivity index (χ0) is 19.7. The summed E-state index contributed by atoms with van der Waals surface area (Å²) in [6.45, 7) is 3.65. The molecule has 0 unspecified atom stereocenters. The molecule has 0 aliphatic carbocycles. The number of nitrogens with zero attached hydrogens (tertiary/aromatic N) is 4. The molecule has 28 heavy (non-hydrogen) atoms. The number of aryl methyl sites for hydroxylation is 1. The molecule has 3 heterocycles. The summed E-state index contributed by atoms with van der Waals surface area (Å²) in [6, 6.07) is 7.51. The highest BCUT2D eigenvalue weighted by molar-refractivity contribution is 5.94. The Kier molecular flexibility index (Phi) is 4.90. The van der Waals surface area contributed by atoms with Gasteiger partial charge in [-0.1, -0.05) is 0 Å². The lowest BCUT2D eigenvalue weighted by Crippen LogP contribution is -2.40. The van der Waals surface area contributed by atoms with Crippen LogP contribution in [-0.2, 0) is 6.54 Å². The van der Waals surface area contributed by atoms with Gasteiger partial charge in [-0.2, -0.15) is 0 Å². The first-order valence-electron chi connectivity index (χ1n) is 9.39. The van der Waals surface area contributed by atoms with Crippen molar-refractivity contribution >= 4 is 16.8 Å². The van der Waals surface area contributed by atoms with Crippen LogP contribution in [0.3, 0.4) is 0 Å². The van der Waals surface area contributed by atoms with Crippen LogP contribution < -0.4 is 5.56 Å². The molecule has 1 aromatic carbocycles. The summed E-state index contributed by atoms with van der Waals surface area (Å²) in [5.41, 5.74) is 0.890. The van der Waals surface area contributed by atoms with Gasteiger partial charge in [0.05, 0.1) is 10.9 Å². The molecule has 1 aliphatic rings. The maximum absolute atomic E-state index is 13.4. The lowest BCUT2D eigenvalue weighted by molar-refractivity contribution is 0.0682. The summed E-state index contributed by atoms with van der Waals surface area (Å²) in [5.74, 6) is 0.488. The Morgan fingerprint density at radius 1 is 1.18 bits per heavy atom. The molecule has 0 saturated carbocycles. The number of likely N-dealkylation sites (tertiary alicyclic amines) is 1. The van der Waals surface area contributed by atoms with Crippen molar-refractivity contribution in [2.45, 2.75) is 26.3 Å². The number of aromatic nitrogens is 3. The summed E-state index contributed by atoms with van der Waals surface area (Å²) in [4.78, 5) is 35.6. The van der Waals surface area contributed by atoms with Crippen LogP contribution in [-0.4, -0.2) is 38.4 Å². The maximum Gasteiger partial charge on any atom is 0.261 e. The third-order valence-electron chi connectivity index (χ3n) is 5.38. The molecule has 1 fully saturated rings. The molecule has 0 bridgehead atoms. The first-order chi connectivity index (χ1) is 13.5. The minimum absolute atomic E-state index is 0.0172. The Hall–Kier alpha value is -3.09. The predicted molar refractivity (Wildman–Crippen MR) is 104 cm³/mol. The molecule has 1 saturated heterocycles. The van der Waals surface area contributed by atoms with Crippen LogP contribution in [0.1, 0.15) is 29.0 Å². The number of carbonyl (C=O) groups excluding carboxylic acids is 1. The third kappa shape index (κ3) is 3.52. The molecule has 1 aliphatic heterocycles. The summed E-state index contributed by atoms with van der Waals surface area (Å²) in [5, 5.41) is 0.428. The number of pyridine rings is 1. The van der Waals surface area contributed by atoms with E-state index in [1.165, 1.54) is 18.2 Å². The summed E-state index contributed by atoms with van der Waals surface area (Å²) in [6.07, 6.45) is 4.88. The van der Waals surface area contributed by atoms with Crippen LogP contribution in [0.15, 0.2) is 47.5 Å². The fourth-order valence-corrected chi connectivity index (χ4v) is 3.77. The minimum Gasteiger partial charge on any atom is -0.339 e. The van der Waals surface area contributed by atoms with E-state index in [1.54, 1.807) is 36.0 Å². The van der Waals surface area contributed by atoms with Crippen molar-refractivity contribution in [2.24, 2.45) is 5.92 Å². The molecule has 0 atom stereocenters. The zero-order valence-corrected chi connectivity index (χ0v) is 15.6.